The van der Waals surface area contributed by atoms with Crippen molar-refractivity contribution in [3.63, 3.8) is 0 Å². The van der Waals surface area contributed by atoms with Gasteiger partial charge in [0.05, 0.1) is 26.3 Å². The number of rotatable bonds is 7. The van der Waals surface area contributed by atoms with Gasteiger partial charge in [-0.2, -0.15) is 5.10 Å². The highest BCUT2D eigenvalue weighted by Crippen LogP contribution is 2.02. The van der Waals surface area contributed by atoms with Crippen LogP contribution in [-0.2, 0) is 11.2 Å². The average Bonchev–Trinajstić information content (AvgIpc) is 2.60. The van der Waals surface area contributed by atoms with Gasteiger partial charge in [-0.1, -0.05) is 30.3 Å². The number of nitrogens with zero attached hydrogens (tertiary/aromatic N) is 1. The maximum Gasteiger partial charge on any atom is 0.187 e. The highest BCUT2D eigenvalue weighted by atomic mass is 32.1. The van der Waals surface area contributed by atoms with Gasteiger partial charge in [0.2, 0.25) is 0 Å². The first kappa shape index (κ1) is 17.8. The predicted molar refractivity (Wildman–Crippen MR) is 98.0 cm³/mol. The third-order valence-corrected chi connectivity index (χ3v) is 4.17. The Morgan fingerprint density at radius 1 is 1.26 bits per heavy atom. The van der Waals surface area contributed by atoms with Crippen LogP contribution in [0, 0.1) is 0 Å². The minimum absolute atomic E-state index is 0.594. The summed E-state index contributed by atoms with van der Waals surface area (Å²) in [6.07, 6.45) is 1.93. The number of ether oxygens (including phenoxy) is 1. The second kappa shape index (κ2) is 10.3. The molecule has 0 aromatic heterocycles. The molecule has 0 aliphatic carbocycles. The van der Waals surface area contributed by atoms with E-state index in [2.05, 4.69) is 40.1 Å². The van der Waals surface area contributed by atoms with Crippen molar-refractivity contribution in [1.82, 2.24) is 10.7 Å². The van der Waals surface area contributed by atoms with Gasteiger partial charge in [0.25, 0.3) is 0 Å². The van der Waals surface area contributed by atoms with Crippen molar-refractivity contribution in [3.05, 3.63) is 35.9 Å². The molecule has 0 bridgehead atoms. The zero-order chi connectivity index (χ0) is 16.3. The maximum atomic E-state index is 5.35. The van der Waals surface area contributed by atoms with Crippen LogP contribution in [0.2, 0.25) is 0 Å². The molecule has 23 heavy (non-hydrogen) atoms. The number of benzene rings is 1. The first-order chi connectivity index (χ1) is 11.2. The van der Waals surface area contributed by atoms with Gasteiger partial charge in [-0.05, 0) is 37.5 Å². The van der Waals surface area contributed by atoms with Crippen LogP contribution in [0.15, 0.2) is 35.4 Å². The van der Waals surface area contributed by atoms with E-state index < -0.39 is 0 Å². The van der Waals surface area contributed by atoms with Crippen LogP contribution in [0.3, 0.4) is 0 Å². The molecule has 1 saturated heterocycles. The van der Waals surface area contributed by atoms with Crippen LogP contribution in [0.25, 0.3) is 0 Å². The standard InChI is InChI=1S/C17H26N4OS/c1-15(7-8-16-5-3-2-4-6-16)19-20-17(23)18-9-10-21-11-13-22-14-12-21/h2-6H,7-14H2,1H3,(H2,18,20,23)/p+1/b19-15-. The minimum atomic E-state index is 0.594. The molecule has 3 N–H and O–H groups in total. The number of thiocarbonyl (C=S) groups is 1. The third kappa shape index (κ3) is 7.54. The number of morpholine rings is 1. The van der Waals surface area contributed by atoms with Gasteiger partial charge in [-0.15, -0.1) is 0 Å². The zero-order valence-electron chi connectivity index (χ0n) is 13.8. The molecule has 0 amide bonds. The Balaban J connectivity index is 1.58. The normalized spacial score (nSPS) is 16.1. The lowest BCUT2D eigenvalue weighted by molar-refractivity contribution is -0.906. The summed E-state index contributed by atoms with van der Waals surface area (Å²) in [6, 6.07) is 10.4. The smallest absolute Gasteiger partial charge is 0.187 e. The van der Waals surface area contributed by atoms with Gasteiger partial charge in [-0.3, -0.25) is 5.43 Å². The van der Waals surface area contributed by atoms with E-state index in [1.807, 2.05) is 13.0 Å². The number of hydrogen-bond acceptors (Lipinski definition) is 3. The van der Waals surface area contributed by atoms with Crippen LogP contribution in [0.1, 0.15) is 18.9 Å². The van der Waals surface area contributed by atoms with Crippen molar-refractivity contribution in [2.75, 3.05) is 39.4 Å². The largest absolute Gasteiger partial charge is 0.370 e. The number of hydrogen-bond donors (Lipinski definition) is 3. The number of hydrazone groups is 1. The number of quaternary nitrogens is 1. The fourth-order valence-electron chi connectivity index (χ4n) is 2.47. The van der Waals surface area contributed by atoms with Crippen molar-refractivity contribution in [2.45, 2.75) is 19.8 Å². The summed E-state index contributed by atoms with van der Waals surface area (Å²) in [5, 5.41) is 8.15. The van der Waals surface area contributed by atoms with Crippen molar-refractivity contribution >= 4 is 23.0 Å². The fourth-order valence-corrected chi connectivity index (χ4v) is 2.62. The van der Waals surface area contributed by atoms with Gasteiger partial charge < -0.3 is 15.0 Å². The lowest BCUT2D eigenvalue weighted by Gasteiger charge is -2.23. The number of nitrogens with one attached hydrogen (secondary N) is 3. The Morgan fingerprint density at radius 3 is 2.74 bits per heavy atom. The van der Waals surface area contributed by atoms with Crippen LogP contribution in [0.4, 0.5) is 0 Å². The van der Waals surface area contributed by atoms with E-state index in [0.29, 0.717) is 5.11 Å². The molecule has 0 saturated carbocycles. The molecule has 0 unspecified atom stereocenters. The van der Waals surface area contributed by atoms with E-state index in [1.165, 1.54) is 5.56 Å². The Kier molecular flexibility index (Phi) is 8.00. The molecule has 2 rings (SSSR count). The first-order valence-corrected chi connectivity index (χ1v) is 8.67. The molecule has 1 aromatic carbocycles. The summed E-state index contributed by atoms with van der Waals surface area (Å²) < 4.78 is 5.35. The fraction of sp³-hybridized carbons (Fsp3) is 0.529. The average molecular weight is 335 g/mol. The lowest BCUT2D eigenvalue weighted by Crippen LogP contribution is -3.14. The van der Waals surface area contributed by atoms with Crippen molar-refractivity contribution in [3.8, 4) is 0 Å². The molecule has 1 aromatic rings. The van der Waals surface area contributed by atoms with Gasteiger partial charge >= 0.3 is 0 Å². The molecule has 5 nitrogen and oxygen atoms in total. The molecule has 6 heteroatoms. The van der Waals surface area contributed by atoms with Gasteiger partial charge in [0.1, 0.15) is 13.1 Å². The van der Waals surface area contributed by atoms with Crippen molar-refractivity contribution < 1.29 is 9.64 Å². The summed E-state index contributed by atoms with van der Waals surface area (Å²) in [4.78, 5) is 1.56. The summed E-state index contributed by atoms with van der Waals surface area (Å²) in [7, 11) is 0. The van der Waals surface area contributed by atoms with Gasteiger partial charge in [0, 0.05) is 5.71 Å². The zero-order valence-corrected chi connectivity index (χ0v) is 14.6. The molecule has 0 atom stereocenters. The predicted octanol–water partition coefficient (Wildman–Crippen LogP) is 0.374. The summed E-state index contributed by atoms with van der Waals surface area (Å²) >= 11 is 5.25. The minimum Gasteiger partial charge on any atom is -0.370 e. The van der Waals surface area contributed by atoms with Crippen LogP contribution in [-0.4, -0.2) is 50.2 Å². The Hall–Kier alpha value is -1.50. The van der Waals surface area contributed by atoms with Crippen LogP contribution < -0.4 is 15.6 Å². The molecular formula is C17H27N4OS+. The van der Waals surface area contributed by atoms with E-state index in [0.717, 1.165) is 57.9 Å². The van der Waals surface area contributed by atoms with Gasteiger partial charge in [0.15, 0.2) is 5.11 Å². The molecule has 1 heterocycles. The Labute approximate surface area is 144 Å². The molecule has 1 aliphatic rings. The van der Waals surface area contributed by atoms with E-state index in [1.54, 1.807) is 4.90 Å². The van der Waals surface area contributed by atoms with Gasteiger partial charge in [-0.25, -0.2) is 0 Å². The lowest BCUT2D eigenvalue weighted by atomic mass is 10.1. The molecular weight excluding hydrogens is 308 g/mol. The van der Waals surface area contributed by atoms with E-state index in [9.17, 15) is 0 Å². The Morgan fingerprint density at radius 2 is 2.00 bits per heavy atom. The second-order valence-corrected chi connectivity index (χ2v) is 6.22. The Bertz CT molecular complexity index is 501. The quantitative estimate of drug-likeness (QED) is 0.383. The molecule has 1 aliphatic heterocycles. The monoisotopic (exact) mass is 335 g/mol. The van der Waals surface area contributed by atoms with Crippen molar-refractivity contribution in [1.29, 1.82) is 0 Å². The highest BCUT2D eigenvalue weighted by Gasteiger charge is 2.12. The van der Waals surface area contributed by atoms with Crippen LogP contribution >= 0.6 is 12.2 Å². The first-order valence-electron chi connectivity index (χ1n) is 8.26. The molecule has 0 spiro atoms. The number of aryl methyl sites for hydroxylation is 1. The topological polar surface area (TPSA) is 50.1 Å². The van der Waals surface area contributed by atoms with E-state index >= 15 is 0 Å². The second-order valence-electron chi connectivity index (χ2n) is 5.81. The summed E-state index contributed by atoms with van der Waals surface area (Å²) in [6.45, 7) is 7.83. The summed E-state index contributed by atoms with van der Waals surface area (Å²) in [5.74, 6) is 0. The van der Waals surface area contributed by atoms with Crippen LogP contribution in [0.5, 0.6) is 0 Å². The molecule has 1 fully saturated rings. The van der Waals surface area contributed by atoms with E-state index in [-0.39, 0.29) is 0 Å². The summed E-state index contributed by atoms with van der Waals surface area (Å²) in [5.41, 5.74) is 5.31. The SMILES string of the molecule is C/C(CCc1ccccc1)=N/NC(=S)NCC[NH+]1CCOCC1. The van der Waals surface area contributed by atoms with Crippen molar-refractivity contribution in [2.24, 2.45) is 5.10 Å². The highest BCUT2D eigenvalue weighted by molar-refractivity contribution is 7.80. The molecule has 126 valence electrons. The van der Waals surface area contributed by atoms with E-state index in [4.69, 9.17) is 17.0 Å². The molecule has 0 radical (unpaired) electrons. The third-order valence-electron chi connectivity index (χ3n) is 3.93. The maximum absolute atomic E-state index is 5.35.